The fourth-order valence-corrected chi connectivity index (χ4v) is 8.88. The fraction of sp³-hybridized carbons (Fsp3) is 0.541. The number of anilines is 1. The highest BCUT2D eigenvalue weighted by Gasteiger charge is 2.33. The van der Waals surface area contributed by atoms with Gasteiger partial charge in [0.25, 0.3) is 0 Å². The second-order valence-electron chi connectivity index (χ2n) is 13.7. The number of nitrogens with one attached hydrogen (secondary N) is 1. The van der Waals surface area contributed by atoms with Gasteiger partial charge in [-0.25, -0.2) is 0 Å². The Labute approximate surface area is 262 Å². The molecule has 0 radical (unpaired) electrons. The van der Waals surface area contributed by atoms with Gasteiger partial charge in [-0.3, -0.25) is 4.98 Å². The van der Waals surface area contributed by atoms with E-state index in [-0.39, 0.29) is 0 Å². The molecular formula is C37H46ClN3O2. The van der Waals surface area contributed by atoms with Gasteiger partial charge >= 0.3 is 0 Å². The van der Waals surface area contributed by atoms with E-state index in [4.69, 9.17) is 26.1 Å². The number of benzene rings is 2. The van der Waals surface area contributed by atoms with Crippen LogP contribution < -0.4 is 14.8 Å². The average Bonchev–Trinajstić information content (AvgIpc) is 3.39. The predicted octanol–water partition coefficient (Wildman–Crippen LogP) is 8.22. The molecule has 1 aliphatic heterocycles. The van der Waals surface area contributed by atoms with Crippen molar-refractivity contribution in [1.29, 1.82) is 0 Å². The van der Waals surface area contributed by atoms with Crippen LogP contribution in [0.4, 0.5) is 5.69 Å². The Morgan fingerprint density at radius 3 is 2.42 bits per heavy atom. The molecule has 0 saturated carbocycles. The van der Waals surface area contributed by atoms with Crippen LogP contribution in [0.15, 0.2) is 42.0 Å². The summed E-state index contributed by atoms with van der Waals surface area (Å²) >= 11 is 6.40. The van der Waals surface area contributed by atoms with Gasteiger partial charge in [0.1, 0.15) is 0 Å². The molecule has 2 atom stereocenters. The molecule has 2 aromatic carbocycles. The first-order valence-electron chi connectivity index (χ1n) is 16.5. The number of rotatable bonds is 9. The number of hydrogen-bond donors (Lipinski definition) is 1. The number of aromatic nitrogens is 1. The monoisotopic (exact) mass is 599 g/mol. The molecule has 43 heavy (non-hydrogen) atoms. The van der Waals surface area contributed by atoms with Gasteiger partial charge in [0, 0.05) is 33.9 Å². The number of pyridine rings is 1. The summed E-state index contributed by atoms with van der Waals surface area (Å²) in [6.45, 7) is 6.92. The largest absolute Gasteiger partial charge is 0.493 e. The minimum atomic E-state index is 0.574. The Morgan fingerprint density at radius 1 is 0.953 bits per heavy atom. The highest BCUT2D eigenvalue weighted by atomic mass is 35.5. The van der Waals surface area contributed by atoms with E-state index in [1.54, 1.807) is 14.2 Å². The fourth-order valence-electron chi connectivity index (χ4n) is 8.71. The van der Waals surface area contributed by atoms with Crippen molar-refractivity contribution in [1.82, 2.24) is 9.88 Å². The normalized spacial score (nSPS) is 22.3. The summed E-state index contributed by atoms with van der Waals surface area (Å²) in [5.41, 5.74) is 9.55. The minimum absolute atomic E-state index is 0.574. The van der Waals surface area contributed by atoms with Crippen LogP contribution in [0.25, 0.3) is 10.9 Å². The molecule has 0 unspecified atom stereocenters. The van der Waals surface area contributed by atoms with Gasteiger partial charge < -0.3 is 19.7 Å². The maximum atomic E-state index is 6.40. The molecule has 1 fully saturated rings. The maximum absolute atomic E-state index is 6.40. The first kappa shape index (κ1) is 29.0. The van der Waals surface area contributed by atoms with E-state index in [1.807, 2.05) is 12.1 Å². The van der Waals surface area contributed by atoms with E-state index in [2.05, 4.69) is 41.4 Å². The molecule has 4 aliphatic rings. The van der Waals surface area contributed by atoms with Crippen molar-refractivity contribution < 1.29 is 9.47 Å². The summed E-state index contributed by atoms with van der Waals surface area (Å²) in [7, 11) is 3.46. The zero-order valence-electron chi connectivity index (χ0n) is 26.1. The van der Waals surface area contributed by atoms with E-state index in [0.717, 1.165) is 59.7 Å². The Hall–Kier alpha value is -2.76. The second-order valence-corrected chi connectivity index (χ2v) is 14.1. The van der Waals surface area contributed by atoms with E-state index in [1.165, 1.54) is 97.2 Å². The molecule has 2 bridgehead atoms. The number of allylic oxidation sites excluding steroid dienone is 2. The first-order chi connectivity index (χ1) is 21.0. The quantitative estimate of drug-likeness (QED) is 0.198. The van der Waals surface area contributed by atoms with Gasteiger partial charge in [0.15, 0.2) is 11.5 Å². The van der Waals surface area contributed by atoms with Crippen LogP contribution in [-0.4, -0.2) is 50.3 Å². The summed E-state index contributed by atoms with van der Waals surface area (Å²) in [5, 5.41) is 5.91. The number of hydrogen-bond acceptors (Lipinski definition) is 5. The number of methoxy groups -OCH3 is 2. The van der Waals surface area contributed by atoms with Gasteiger partial charge in [-0.15, -0.1) is 0 Å². The number of likely N-dealkylation sites (tertiary alicyclic amines) is 1. The van der Waals surface area contributed by atoms with E-state index in [0.29, 0.717) is 11.8 Å². The Balaban J connectivity index is 0.926. The molecule has 3 aromatic rings. The molecule has 7 rings (SSSR count). The summed E-state index contributed by atoms with van der Waals surface area (Å²) in [4.78, 5) is 7.84. The molecule has 3 aliphatic carbocycles. The molecule has 1 N–H and O–H groups in total. The van der Waals surface area contributed by atoms with Crippen molar-refractivity contribution in [2.45, 2.75) is 70.6 Å². The van der Waals surface area contributed by atoms with Crippen LogP contribution in [0.2, 0.25) is 5.02 Å². The van der Waals surface area contributed by atoms with Crippen molar-refractivity contribution in [3.05, 3.63) is 69.4 Å². The van der Waals surface area contributed by atoms with Gasteiger partial charge in [-0.05, 0) is 149 Å². The highest BCUT2D eigenvalue weighted by molar-refractivity contribution is 6.31. The van der Waals surface area contributed by atoms with E-state index >= 15 is 0 Å². The van der Waals surface area contributed by atoms with Crippen molar-refractivity contribution in [2.75, 3.05) is 45.7 Å². The van der Waals surface area contributed by atoms with Gasteiger partial charge in [-0.2, -0.15) is 0 Å². The average molecular weight is 600 g/mol. The van der Waals surface area contributed by atoms with Crippen molar-refractivity contribution in [3.8, 4) is 11.5 Å². The van der Waals surface area contributed by atoms with Crippen LogP contribution in [0.3, 0.4) is 0 Å². The Kier molecular flexibility index (Phi) is 8.30. The van der Waals surface area contributed by atoms with Crippen molar-refractivity contribution >= 4 is 28.2 Å². The summed E-state index contributed by atoms with van der Waals surface area (Å²) < 4.78 is 11.1. The number of halogens is 1. The molecule has 228 valence electrons. The van der Waals surface area contributed by atoms with Crippen LogP contribution in [-0.2, 0) is 19.3 Å². The SMILES string of the molecule is COc1cc2c(cc1OC)CC(CC1CCN(CCCNc3c4c(nc5cc(Cl)ccc35)C[C@@H]3C=C(C)C[C@@H]4C3)CC1)C2. The zero-order chi connectivity index (χ0) is 29.5. The minimum Gasteiger partial charge on any atom is -0.493 e. The maximum Gasteiger partial charge on any atom is 0.161 e. The van der Waals surface area contributed by atoms with Gasteiger partial charge in [0.2, 0.25) is 0 Å². The molecule has 6 heteroatoms. The van der Waals surface area contributed by atoms with Crippen LogP contribution in [0.5, 0.6) is 11.5 Å². The van der Waals surface area contributed by atoms with E-state index in [9.17, 15) is 0 Å². The third-order valence-corrected chi connectivity index (χ3v) is 10.9. The molecular weight excluding hydrogens is 554 g/mol. The predicted molar refractivity (Wildman–Crippen MR) is 177 cm³/mol. The number of ether oxygens (including phenoxy) is 2. The summed E-state index contributed by atoms with van der Waals surface area (Å²) in [6, 6.07) is 10.6. The molecule has 2 heterocycles. The van der Waals surface area contributed by atoms with Gasteiger partial charge in [0.05, 0.1) is 19.7 Å². The van der Waals surface area contributed by atoms with Crippen LogP contribution in [0.1, 0.15) is 73.8 Å². The third kappa shape index (κ3) is 6.00. The molecule has 0 amide bonds. The molecule has 1 aromatic heterocycles. The number of piperidine rings is 1. The Bertz CT molecular complexity index is 1490. The first-order valence-corrected chi connectivity index (χ1v) is 16.8. The smallest absolute Gasteiger partial charge is 0.161 e. The molecule has 1 saturated heterocycles. The lowest BCUT2D eigenvalue weighted by Crippen LogP contribution is -2.35. The lowest BCUT2D eigenvalue weighted by molar-refractivity contribution is 0.167. The standard InChI is InChI=1S/C37H46ClN3O2/c1-23-13-25-18-29(14-23)36-33(19-25)40-32-22-30(38)5-6-31(32)37(36)39-9-4-10-41-11-7-24(8-12-41)15-26-16-27-20-34(42-2)35(43-3)21-28(27)17-26/h5-6,13,20-22,24-26,29H,4,7-12,14-19H2,1-3H3,(H,39,40)/t25-,29-/m1/s1. The zero-order valence-corrected chi connectivity index (χ0v) is 26.8. The lowest BCUT2D eigenvalue weighted by Gasteiger charge is -2.36. The van der Waals surface area contributed by atoms with E-state index < -0.39 is 0 Å². The van der Waals surface area contributed by atoms with Crippen molar-refractivity contribution in [3.63, 3.8) is 0 Å². The number of fused-ring (bicyclic) bond motifs is 6. The number of nitrogens with zero attached hydrogens (tertiary/aromatic N) is 2. The van der Waals surface area contributed by atoms with Crippen LogP contribution in [0, 0.1) is 17.8 Å². The molecule has 5 nitrogen and oxygen atoms in total. The van der Waals surface area contributed by atoms with Gasteiger partial charge in [-0.1, -0.05) is 23.3 Å². The second kappa shape index (κ2) is 12.3. The molecule has 0 spiro atoms. The summed E-state index contributed by atoms with van der Waals surface area (Å²) in [6.07, 6.45) is 13.5. The topological polar surface area (TPSA) is 46.6 Å². The van der Waals surface area contributed by atoms with Crippen LogP contribution >= 0.6 is 11.6 Å². The van der Waals surface area contributed by atoms with Crippen molar-refractivity contribution in [2.24, 2.45) is 17.8 Å². The Morgan fingerprint density at radius 2 is 1.70 bits per heavy atom. The lowest BCUT2D eigenvalue weighted by atomic mass is 9.71. The summed E-state index contributed by atoms with van der Waals surface area (Å²) in [5.74, 6) is 4.52. The highest BCUT2D eigenvalue weighted by Crippen LogP contribution is 2.47. The third-order valence-electron chi connectivity index (χ3n) is 10.7.